The Balaban J connectivity index is 1.43. The highest BCUT2D eigenvalue weighted by atomic mass is 19.2. The average molecular weight is 443 g/mol. The van der Waals surface area contributed by atoms with Crippen LogP contribution >= 0.6 is 0 Å². The monoisotopic (exact) mass is 442 g/mol. The number of halogens is 2. The minimum Gasteiger partial charge on any atom is -0.490 e. The molecule has 3 rings (SSSR count). The van der Waals surface area contributed by atoms with Gasteiger partial charge in [-0.05, 0) is 80.4 Å². The minimum absolute atomic E-state index is 0.0115. The maximum Gasteiger partial charge on any atom is 0.200 e. The molecule has 1 aliphatic carbocycles. The van der Waals surface area contributed by atoms with E-state index in [9.17, 15) is 8.78 Å². The second-order valence-electron chi connectivity index (χ2n) is 8.81. The van der Waals surface area contributed by atoms with Crippen molar-refractivity contribution in [2.24, 2.45) is 5.92 Å². The molecule has 3 nitrogen and oxygen atoms in total. The van der Waals surface area contributed by atoms with Gasteiger partial charge in [-0.3, -0.25) is 0 Å². The second kappa shape index (κ2) is 12.7. The van der Waals surface area contributed by atoms with Crippen molar-refractivity contribution in [1.29, 1.82) is 0 Å². The highest BCUT2D eigenvalue weighted by molar-refractivity contribution is 5.31. The Morgan fingerprint density at radius 3 is 2.41 bits per heavy atom. The molecule has 0 bridgehead atoms. The predicted octanol–water partition coefficient (Wildman–Crippen LogP) is 7.35. The Hall–Kier alpha value is -2.30. The first-order valence-electron chi connectivity index (χ1n) is 12.2. The molecule has 1 aliphatic rings. The van der Waals surface area contributed by atoms with Crippen molar-refractivity contribution in [3.05, 3.63) is 65.3 Å². The first-order chi connectivity index (χ1) is 15.6. The van der Waals surface area contributed by atoms with Crippen LogP contribution in [0.1, 0.15) is 88.1 Å². The lowest BCUT2D eigenvalue weighted by Gasteiger charge is -2.26. The SMILES string of the molecule is CCCCOc1ccc(CC/C=C/C2CCC(c3cnc(CCC)nc3)CC2)c(F)c1F. The lowest BCUT2D eigenvalue weighted by molar-refractivity contribution is 0.288. The van der Waals surface area contributed by atoms with Gasteiger partial charge in [0.25, 0.3) is 0 Å². The molecule has 1 saturated carbocycles. The van der Waals surface area contributed by atoms with Crippen molar-refractivity contribution in [2.75, 3.05) is 6.61 Å². The second-order valence-corrected chi connectivity index (χ2v) is 8.81. The van der Waals surface area contributed by atoms with Crippen molar-refractivity contribution in [3.63, 3.8) is 0 Å². The summed E-state index contributed by atoms with van der Waals surface area (Å²) in [7, 11) is 0. The van der Waals surface area contributed by atoms with Gasteiger partial charge in [0, 0.05) is 18.8 Å². The molecule has 0 amide bonds. The van der Waals surface area contributed by atoms with E-state index in [-0.39, 0.29) is 5.75 Å². The van der Waals surface area contributed by atoms with E-state index in [1.165, 1.54) is 5.56 Å². The number of aryl methyl sites for hydroxylation is 2. The van der Waals surface area contributed by atoms with E-state index in [1.807, 2.05) is 19.3 Å². The van der Waals surface area contributed by atoms with Gasteiger partial charge in [-0.25, -0.2) is 14.4 Å². The summed E-state index contributed by atoms with van der Waals surface area (Å²) in [5.41, 5.74) is 1.66. The van der Waals surface area contributed by atoms with Gasteiger partial charge < -0.3 is 4.74 Å². The quantitative estimate of drug-likeness (QED) is 0.269. The third-order valence-corrected chi connectivity index (χ3v) is 6.31. The van der Waals surface area contributed by atoms with Crippen LogP contribution in [-0.4, -0.2) is 16.6 Å². The molecular formula is C27H36F2N2O. The fourth-order valence-corrected chi connectivity index (χ4v) is 4.30. The maximum atomic E-state index is 14.3. The van der Waals surface area contributed by atoms with E-state index in [1.54, 1.807) is 12.1 Å². The minimum atomic E-state index is -0.868. The van der Waals surface area contributed by atoms with Crippen LogP contribution in [0.2, 0.25) is 0 Å². The number of allylic oxidation sites excluding steroid dienone is 2. The molecule has 0 atom stereocenters. The number of hydrogen-bond donors (Lipinski definition) is 0. The van der Waals surface area contributed by atoms with Crippen LogP contribution in [-0.2, 0) is 12.8 Å². The number of rotatable bonds is 11. The first-order valence-corrected chi connectivity index (χ1v) is 12.2. The van der Waals surface area contributed by atoms with Crippen LogP contribution in [0.25, 0.3) is 0 Å². The molecule has 0 unspecified atom stereocenters. The molecule has 1 aromatic heterocycles. The number of benzene rings is 1. The van der Waals surface area contributed by atoms with Crippen LogP contribution in [0.3, 0.4) is 0 Å². The van der Waals surface area contributed by atoms with E-state index in [0.717, 1.165) is 57.2 Å². The standard InChI is InChI=1S/C27H36F2N2O/c1-3-5-17-32-24-16-15-22(26(28)27(24)29)10-7-6-9-20-11-13-21(14-12-20)23-18-30-25(8-4-2)31-19-23/h6,9,15-16,18-21H,3-5,7-8,10-14,17H2,1-2H3/b9-6+. The molecule has 2 aromatic rings. The lowest BCUT2D eigenvalue weighted by atomic mass is 9.79. The van der Waals surface area contributed by atoms with Gasteiger partial charge in [0.1, 0.15) is 5.82 Å². The van der Waals surface area contributed by atoms with Gasteiger partial charge in [-0.2, -0.15) is 4.39 Å². The molecule has 1 heterocycles. The summed E-state index contributed by atoms with van der Waals surface area (Å²) in [5.74, 6) is 0.404. The van der Waals surface area contributed by atoms with Gasteiger partial charge in [-0.15, -0.1) is 0 Å². The molecule has 0 N–H and O–H groups in total. The zero-order valence-corrected chi connectivity index (χ0v) is 19.5. The van der Waals surface area contributed by atoms with E-state index < -0.39 is 11.6 Å². The summed E-state index contributed by atoms with van der Waals surface area (Å²) in [6.07, 6.45) is 18.0. The summed E-state index contributed by atoms with van der Waals surface area (Å²) in [6, 6.07) is 3.19. The Kier molecular flexibility index (Phi) is 9.63. The average Bonchev–Trinajstić information content (AvgIpc) is 2.82. The van der Waals surface area contributed by atoms with Crippen LogP contribution in [0.5, 0.6) is 5.75 Å². The summed E-state index contributed by atoms with van der Waals surface area (Å²) in [6.45, 7) is 4.58. The van der Waals surface area contributed by atoms with Crippen LogP contribution in [0.4, 0.5) is 8.78 Å². The number of ether oxygens (including phenoxy) is 1. The third kappa shape index (κ3) is 6.85. The number of hydrogen-bond acceptors (Lipinski definition) is 3. The van der Waals surface area contributed by atoms with Crippen LogP contribution < -0.4 is 4.74 Å². The third-order valence-electron chi connectivity index (χ3n) is 6.31. The zero-order chi connectivity index (χ0) is 22.8. The van der Waals surface area contributed by atoms with Crippen molar-refractivity contribution in [3.8, 4) is 5.75 Å². The summed E-state index contributed by atoms with van der Waals surface area (Å²) in [4.78, 5) is 9.00. The zero-order valence-electron chi connectivity index (χ0n) is 19.5. The highest BCUT2D eigenvalue weighted by Gasteiger charge is 2.21. The topological polar surface area (TPSA) is 35.0 Å². The normalized spacial score (nSPS) is 18.9. The molecule has 1 fully saturated rings. The van der Waals surface area contributed by atoms with Gasteiger partial charge in [0.05, 0.1) is 6.61 Å². The molecule has 174 valence electrons. The largest absolute Gasteiger partial charge is 0.490 e. The predicted molar refractivity (Wildman–Crippen MR) is 125 cm³/mol. The summed E-state index contributed by atoms with van der Waals surface area (Å²) in [5, 5.41) is 0. The maximum absolute atomic E-state index is 14.3. The van der Waals surface area contributed by atoms with Crippen LogP contribution in [0.15, 0.2) is 36.7 Å². The molecule has 5 heteroatoms. The fraction of sp³-hybridized carbons (Fsp3) is 0.556. The van der Waals surface area contributed by atoms with Crippen molar-refractivity contribution in [2.45, 2.75) is 84.0 Å². The van der Waals surface area contributed by atoms with Crippen LogP contribution in [0, 0.1) is 17.6 Å². The Bertz CT molecular complexity index is 859. The lowest BCUT2D eigenvalue weighted by Crippen LogP contribution is -2.12. The van der Waals surface area contributed by atoms with Gasteiger partial charge in [0.15, 0.2) is 11.6 Å². The van der Waals surface area contributed by atoms with E-state index >= 15 is 0 Å². The molecule has 1 aromatic carbocycles. The van der Waals surface area contributed by atoms with Crippen molar-refractivity contribution in [1.82, 2.24) is 9.97 Å². The van der Waals surface area contributed by atoms with Gasteiger partial charge in [0.2, 0.25) is 5.82 Å². The Morgan fingerprint density at radius 1 is 0.969 bits per heavy atom. The molecule has 0 spiro atoms. The molecular weight excluding hydrogens is 406 g/mol. The molecule has 0 radical (unpaired) electrons. The number of aromatic nitrogens is 2. The van der Waals surface area contributed by atoms with E-state index in [2.05, 4.69) is 29.0 Å². The molecule has 0 aliphatic heterocycles. The Labute approximate surface area is 191 Å². The number of unbranched alkanes of at least 4 members (excludes halogenated alkanes) is 1. The summed E-state index contributed by atoms with van der Waals surface area (Å²) < 4.78 is 33.9. The van der Waals surface area contributed by atoms with Gasteiger partial charge in [-0.1, -0.05) is 38.5 Å². The smallest absolute Gasteiger partial charge is 0.200 e. The molecule has 0 saturated heterocycles. The van der Waals surface area contributed by atoms with Crippen molar-refractivity contribution >= 4 is 0 Å². The van der Waals surface area contributed by atoms with Crippen molar-refractivity contribution < 1.29 is 13.5 Å². The fourth-order valence-electron chi connectivity index (χ4n) is 4.30. The Morgan fingerprint density at radius 2 is 1.72 bits per heavy atom. The summed E-state index contributed by atoms with van der Waals surface area (Å²) >= 11 is 0. The van der Waals surface area contributed by atoms with E-state index in [4.69, 9.17) is 4.74 Å². The number of nitrogens with zero attached hydrogens (tertiary/aromatic N) is 2. The highest BCUT2D eigenvalue weighted by Crippen LogP contribution is 2.36. The molecule has 32 heavy (non-hydrogen) atoms. The van der Waals surface area contributed by atoms with E-state index in [0.29, 0.717) is 36.8 Å². The van der Waals surface area contributed by atoms with Gasteiger partial charge >= 0.3 is 0 Å². The first kappa shape index (κ1) is 24.3.